The largest absolute Gasteiger partial charge is 0.456 e. The molecule has 4 atom stereocenters. The summed E-state index contributed by atoms with van der Waals surface area (Å²) in [6.45, 7) is 0.859. The van der Waals surface area contributed by atoms with Crippen molar-refractivity contribution < 1.29 is 24.2 Å². The van der Waals surface area contributed by atoms with Gasteiger partial charge in [-0.25, -0.2) is 0 Å². The molecule has 0 aromatic rings. The zero-order valence-electron chi connectivity index (χ0n) is 13.1. The van der Waals surface area contributed by atoms with Gasteiger partial charge in [-0.15, -0.1) is 0 Å². The maximum Gasteiger partial charge on any atom is 0.303 e. The van der Waals surface area contributed by atoms with Crippen LogP contribution in [0, 0.1) is 0 Å². The number of carbonyl (C=O) groups excluding carboxylic acids is 3. The predicted molar refractivity (Wildman–Crippen MR) is 88.5 cm³/mol. The van der Waals surface area contributed by atoms with Crippen molar-refractivity contribution in [2.24, 2.45) is 0 Å². The first-order valence-corrected chi connectivity index (χ1v) is 9.66. The van der Waals surface area contributed by atoms with Gasteiger partial charge in [0.2, 0.25) is 4.87 Å². The molecule has 1 aliphatic carbocycles. The van der Waals surface area contributed by atoms with Gasteiger partial charge in [-0.1, -0.05) is 22.9 Å². The second-order valence-electron chi connectivity index (χ2n) is 6.26. The van der Waals surface area contributed by atoms with Crippen molar-refractivity contribution in [3.63, 3.8) is 0 Å². The molecule has 5 rings (SSSR count). The molecule has 5 aliphatic rings. The number of likely N-dealkylation sites (N-methyl/N-ethyl adjacent to an activating group) is 1. The van der Waals surface area contributed by atoms with E-state index >= 15 is 0 Å². The molecule has 1 spiro atoms. The first-order chi connectivity index (χ1) is 11.4. The van der Waals surface area contributed by atoms with Gasteiger partial charge in [0, 0.05) is 20.4 Å². The molecule has 0 saturated carbocycles. The average molecular weight is 368 g/mol. The SMILES string of the molecule is CC(=O)O[C@H]1C=CC=C2C[C@]34SSC(CO)(C(=O)N3C21)N(C)C4=O. The topological polar surface area (TPSA) is 87.2 Å². The number of hydrogen-bond donors (Lipinski definition) is 1. The second-order valence-corrected chi connectivity index (χ2v) is 8.94. The van der Waals surface area contributed by atoms with E-state index in [2.05, 4.69) is 0 Å². The molecule has 2 unspecified atom stereocenters. The van der Waals surface area contributed by atoms with Crippen LogP contribution in [0.3, 0.4) is 0 Å². The Morgan fingerprint density at radius 3 is 2.83 bits per heavy atom. The maximum absolute atomic E-state index is 13.2. The van der Waals surface area contributed by atoms with Crippen molar-refractivity contribution in [1.82, 2.24) is 9.80 Å². The molecular weight excluding hydrogens is 352 g/mol. The van der Waals surface area contributed by atoms with E-state index in [1.54, 1.807) is 19.2 Å². The lowest BCUT2D eigenvalue weighted by Gasteiger charge is -2.58. The third-order valence-corrected chi connectivity index (χ3v) is 8.61. The van der Waals surface area contributed by atoms with E-state index in [1.807, 2.05) is 6.08 Å². The third kappa shape index (κ3) is 1.72. The van der Waals surface area contributed by atoms with Crippen LogP contribution in [-0.2, 0) is 19.1 Å². The molecule has 0 aromatic carbocycles. The summed E-state index contributed by atoms with van der Waals surface area (Å²) in [4.78, 5) is 38.2. The molecule has 0 aromatic heterocycles. The number of esters is 1. The highest BCUT2D eigenvalue weighted by Crippen LogP contribution is 2.64. The first-order valence-electron chi connectivity index (χ1n) is 7.51. The monoisotopic (exact) mass is 368 g/mol. The van der Waals surface area contributed by atoms with Gasteiger partial charge in [0.15, 0.2) is 4.87 Å². The molecule has 9 heteroatoms. The molecule has 128 valence electrons. The molecule has 4 fully saturated rings. The van der Waals surface area contributed by atoms with Crippen molar-refractivity contribution in [1.29, 1.82) is 0 Å². The maximum atomic E-state index is 13.2. The highest BCUT2D eigenvalue weighted by atomic mass is 33.1. The highest BCUT2D eigenvalue weighted by molar-refractivity contribution is 8.78. The highest BCUT2D eigenvalue weighted by Gasteiger charge is 2.73. The lowest BCUT2D eigenvalue weighted by Crippen LogP contribution is -2.77. The molecule has 4 saturated heterocycles. The lowest BCUT2D eigenvalue weighted by molar-refractivity contribution is -0.170. The van der Waals surface area contributed by atoms with Gasteiger partial charge >= 0.3 is 5.97 Å². The fourth-order valence-electron chi connectivity index (χ4n) is 3.82. The Balaban J connectivity index is 1.83. The number of hydrogen-bond acceptors (Lipinski definition) is 7. The molecule has 1 N–H and O–H groups in total. The number of allylic oxidation sites excluding steroid dienone is 2. The number of fused-ring (bicyclic) bond motifs is 3. The minimum absolute atomic E-state index is 0.197. The summed E-state index contributed by atoms with van der Waals surface area (Å²) < 4.78 is 5.37. The summed E-state index contributed by atoms with van der Waals surface area (Å²) in [5.74, 6) is -0.947. The Hall–Kier alpha value is -1.45. The van der Waals surface area contributed by atoms with Gasteiger partial charge in [0.25, 0.3) is 11.8 Å². The minimum atomic E-state index is -1.32. The van der Waals surface area contributed by atoms with Gasteiger partial charge in [-0.2, -0.15) is 0 Å². The van der Waals surface area contributed by atoms with Gasteiger partial charge < -0.3 is 19.6 Å². The van der Waals surface area contributed by atoms with E-state index in [1.165, 1.54) is 38.3 Å². The summed E-state index contributed by atoms with van der Waals surface area (Å²) in [6, 6.07) is -0.497. The van der Waals surface area contributed by atoms with Crippen LogP contribution in [0.25, 0.3) is 0 Å². The Morgan fingerprint density at radius 2 is 2.17 bits per heavy atom. The van der Waals surface area contributed by atoms with E-state index in [-0.39, 0.29) is 11.8 Å². The number of carbonyl (C=O) groups is 3. The lowest BCUT2D eigenvalue weighted by atomic mass is 9.96. The summed E-state index contributed by atoms with van der Waals surface area (Å²) in [5, 5.41) is 9.86. The Bertz CT molecular complexity index is 723. The van der Waals surface area contributed by atoms with Crippen LogP contribution in [0.1, 0.15) is 13.3 Å². The van der Waals surface area contributed by atoms with Crippen LogP contribution in [0.15, 0.2) is 23.8 Å². The Kier molecular flexibility index (Phi) is 3.36. The molecule has 0 radical (unpaired) electrons. The predicted octanol–water partition coefficient (Wildman–Crippen LogP) is 0.267. The van der Waals surface area contributed by atoms with Crippen LogP contribution in [0.2, 0.25) is 0 Å². The van der Waals surface area contributed by atoms with E-state index in [9.17, 15) is 19.5 Å². The number of aliphatic hydroxyl groups excluding tert-OH is 1. The van der Waals surface area contributed by atoms with E-state index in [0.29, 0.717) is 6.42 Å². The quantitative estimate of drug-likeness (QED) is 0.553. The first kappa shape index (κ1) is 16.0. The summed E-state index contributed by atoms with van der Waals surface area (Å²) in [5.41, 5.74) is 0.891. The normalized spacial score (nSPS) is 39.7. The van der Waals surface area contributed by atoms with Gasteiger partial charge in [-0.05, 0) is 22.4 Å². The third-order valence-electron chi connectivity index (χ3n) is 4.98. The standard InChI is InChI=1S/C15H16N2O5S2/c1-8(19)22-10-5-3-4-9-6-14-12(20)16(2)15(7-18,24-23-14)13(21)17(14)11(9)10/h3-5,10-11,18H,6-7H2,1-2H3/t10-,11?,14+,15?/m0/s1. The number of amides is 2. The van der Waals surface area contributed by atoms with Crippen molar-refractivity contribution in [3.05, 3.63) is 23.8 Å². The van der Waals surface area contributed by atoms with E-state index in [0.717, 1.165) is 5.57 Å². The number of piperazine rings is 1. The molecule has 2 bridgehead atoms. The zero-order chi connectivity index (χ0) is 17.3. The number of aliphatic hydroxyl groups is 1. The van der Waals surface area contributed by atoms with Crippen molar-refractivity contribution in [3.8, 4) is 0 Å². The van der Waals surface area contributed by atoms with Gasteiger partial charge in [-0.3, -0.25) is 14.4 Å². The smallest absolute Gasteiger partial charge is 0.303 e. The van der Waals surface area contributed by atoms with Crippen molar-refractivity contribution in [2.75, 3.05) is 13.7 Å². The van der Waals surface area contributed by atoms with Crippen molar-refractivity contribution in [2.45, 2.75) is 35.2 Å². The molecule has 2 amide bonds. The van der Waals surface area contributed by atoms with Crippen LogP contribution >= 0.6 is 21.6 Å². The fourth-order valence-corrected chi connectivity index (χ4v) is 7.39. The van der Waals surface area contributed by atoms with E-state index in [4.69, 9.17) is 4.74 Å². The molecule has 24 heavy (non-hydrogen) atoms. The van der Waals surface area contributed by atoms with Crippen molar-refractivity contribution >= 4 is 39.4 Å². The van der Waals surface area contributed by atoms with Crippen LogP contribution < -0.4 is 0 Å². The number of rotatable bonds is 2. The van der Waals surface area contributed by atoms with Crippen LogP contribution in [0.4, 0.5) is 0 Å². The van der Waals surface area contributed by atoms with Crippen LogP contribution in [0.5, 0.6) is 0 Å². The molecule has 4 heterocycles. The number of nitrogens with zero attached hydrogens (tertiary/aromatic N) is 2. The minimum Gasteiger partial charge on any atom is -0.456 e. The summed E-state index contributed by atoms with van der Waals surface area (Å²) >= 11 is 0. The average Bonchev–Trinajstić information content (AvgIpc) is 2.90. The Morgan fingerprint density at radius 1 is 1.42 bits per heavy atom. The zero-order valence-corrected chi connectivity index (χ0v) is 14.7. The van der Waals surface area contributed by atoms with Gasteiger partial charge in [0.05, 0.1) is 12.6 Å². The summed E-state index contributed by atoms with van der Waals surface area (Å²) in [6.07, 6.45) is 5.17. The van der Waals surface area contributed by atoms with Gasteiger partial charge in [0.1, 0.15) is 6.10 Å². The number of ether oxygens (including phenoxy) is 1. The second kappa shape index (κ2) is 5.03. The Labute approximate surface area is 146 Å². The summed E-state index contributed by atoms with van der Waals surface area (Å²) in [7, 11) is 4.11. The van der Waals surface area contributed by atoms with E-state index < -0.39 is 34.5 Å². The van der Waals surface area contributed by atoms with Crippen LogP contribution in [-0.4, -0.2) is 68.2 Å². The molecular formula is C15H16N2O5S2. The molecule has 4 aliphatic heterocycles. The molecule has 7 nitrogen and oxygen atoms in total. The fraction of sp³-hybridized carbons (Fsp3) is 0.533.